The number of aromatic nitrogens is 4. The maximum atomic E-state index is 15.6. The SMILES string of the molecule is CCn1nccc1C(=O)N[C@H](c1nc2c(F)c(C3CCCOC3)ccc2[nH]1)C1CCC(C)CC1. The molecule has 1 unspecified atom stereocenters. The van der Waals surface area contributed by atoms with Crippen LogP contribution in [0.3, 0.4) is 0 Å². The molecule has 1 amide bonds. The molecular formula is C26H34FN5O2. The summed E-state index contributed by atoms with van der Waals surface area (Å²) in [4.78, 5) is 21.3. The molecule has 2 N–H and O–H groups in total. The lowest BCUT2D eigenvalue weighted by Crippen LogP contribution is -2.36. The van der Waals surface area contributed by atoms with Crippen molar-refractivity contribution in [2.75, 3.05) is 13.2 Å². The molecule has 2 fully saturated rings. The van der Waals surface area contributed by atoms with Gasteiger partial charge in [-0.25, -0.2) is 9.37 Å². The quantitative estimate of drug-likeness (QED) is 0.528. The number of hydrogen-bond donors (Lipinski definition) is 2. The van der Waals surface area contributed by atoms with Gasteiger partial charge in [-0.3, -0.25) is 9.48 Å². The van der Waals surface area contributed by atoms with E-state index in [0.29, 0.717) is 47.2 Å². The van der Waals surface area contributed by atoms with Crippen LogP contribution in [0.2, 0.25) is 0 Å². The lowest BCUT2D eigenvalue weighted by atomic mass is 9.79. The van der Waals surface area contributed by atoms with Crippen LogP contribution in [0, 0.1) is 17.7 Å². The number of nitrogens with zero attached hydrogens (tertiary/aromatic N) is 3. The Bertz CT molecular complexity index is 1140. The van der Waals surface area contributed by atoms with Gasteiger partial charge in [0.2, 0.25) is 0 Å². The predicted octanol–water partition coefficient (Wildman–Crippen LogP) is 5.11. The van der Waals surface area contributed by atoms with Crippen LogP contribution < -0.4 is 5.32 Å². The first-order valence-electron chi connectivity index (χ1n) is 12.6. The van der Waals surface area contributed by atoms with E-state index in [1.807, 2.05) is 19.1 Å². The molecule has 3 heterocycles. The van der Waals surface area contributed by atoms with Crippen LogP contribution in [0.15, 0.2) is 24.4 Å². The van der Waals surface area contributed by atoms with Gasteiger partial charge in [0.1, 0.15) is 17.0 Å². The Morgan fingerprint density at radius 3 is 2.82 bits per heavy atom. The van der Waals surface area contributed by atoms with Crippen LogP contribution in [-0.2, 0) is 11.3 Å². The Morgan fingerprint density at radius 1 is 1.26 bits per heavy atom. The number of halogens is 1. The number of benzene rings is 1. The van der Waals surface area contributed by atoms with Gasteiger partial charge in [0.25, 0.3) is 5.91 Å². The summed E-state index contributed by atoms with van der Waals surface area (Å²) in [5.74, 6) is 1.16. The van der Waals surface area contributed by atoms with E-state index in [1.165, 1.54) is 0 Å². The van der Waals surface area contributed by atoms with E-state index < -0.39 is 0 Å². The van der Waals surface area contributed by atoms with E-state index in [-0.39, 0.29) is 29.6 Å². The molecule has 1 saturated heterocycles. The molecule has 182 valence electrons. The van der Waals surface area contributed by atoms with Gasteiger partial charge in [0.05, 0.1) is 18.2 Å². The average molecular weight is 468 g/mol. The van der Waals surface area contributed by atoms with E-state index >= 15 is 4.39 Å². The molecule has 1 saturated carbocycles. The number of ether oxygens (including phenoxy) is 1. The maximum Gasteiger partial charge on any atom is 0.270 e. The largest absolute Gasteiger partial charge is 0.381 e. The smallest absolute Gasteiger partial charge is 0.270 e. The highest BCUT2D eigenvalue weighted by Crippen LogP contribution is 2.37. The monoisotopic (exact) mass is 467 g/mol. The summed E-state index contributed by atoms with van der Waals surface area (Å²) in [5.41, 5.74) is 2.21. The van der Waals surface area contributed by atoms with Crippen molar-refractivity contribution in [2.24, 2.45) is 11.8 Å². The van der Waals surface area contributed by atoms with Gasteiger partial charge < -0.3 is 15.0 Å². The number of aryl methyl sites for hydroxylation is 1. The van der Waals surface area contributed by atoms with Crippen molar-refractivity contribution in [3.63, 3.8) is 0 Å². The van der Waals surface area contributed by atoms with E-state index in [2.05, 4.69) is 22.3 Å². The summed E-state index contributed by atoms with van der Waals surface area (Å²) < 4.78 is 22.8. The van der Waals surface area contributed by atoms with Gasteiger partial charge in [0, 0.05) is 25.3 Å². The second-order valence-corrected chi connectivity index (χ2v) is 9.90. The molecule has 8 heteroatoms. The molecule has 2 aliphatic rings. The van der Waals surface area contributed by atoms with E-state index in [0.717, 1.165) is 45.1 Å². The number of rotatable bonds is 6. The van der Waals surface area contributed by atoms with Gasteiger partial charge in [-0.15, -0.1) is 0 Å². The summed E-state index contributed by atoms with van der Waals surface area (Å²) >= 11 is 0. The standard InChI is InChI=1S/C26H34FN5O2/c1-3-32-21(12-13-28-32)26(33)31-23(17-8-6-16(2)7-9-17)25-29-20-11-10-19(22(27)24(20)30-25)18-5-4-14-34-15-18/h10-13,16-18,23H,3-9,14-15H2,1-2H3,(H,29,30)(H,31,33)/t16?,17?,18?,23-/m0/s1. The van der Waals surface area contributed by atoms with Gasteiger partial charge in [0.15, 0.2) is 5.82 Å². The van der Waals surface area contributed by atoms with Crippen molar-refractivity contribution in [3.8, 4) is 0 Å². The Kier molecular flexibility index (Phi) is 6.68. The lowest BCUT2D eigenvalue weighted by molar-refractivity contribution is 0.0795. The molecule has 1 aliphatic carbocycles. The number of carbonyl (C=O) groups is 1. The molecule has 1 aromatic carbocycles. The minimum absolute atomic E-state index is 0.0583. The summed E-state index contributed by atoms with van der Waals surface area (Å²) in [7, 11) is 0. The van der Waals surface area contributed by atoms with Crippen molar-refractivity contribution in [3.05, 3.63) is 47.3 Å². The molecule has 0 spiro atoms. The lowest BCUT2D eigenvalue weighted by Gasteiger charge is -2.32. The molecule has 0 radical (unpaired) electrons. The Labute approximate surface area is 199 Å². The zero-order valence-electron chi connectivity index (χ0n) is 20.0. The molecule has 5 rings (SSSR count). The Hall–Kier alpha value is -2.74. The van der Waals surface area contributed by atoms with Gasteiger partial charge >= 0.3 is 0 Å². The maximum absolute atomic E-state index is 15.6. The topological polar surface area (TPSA) is 84.8 Å². The number of hydrogen-bond acceptors (Lipinski definition) is 4. The summed E-state index contributed by atoms with van der Waals surface area (Å²) in [6.07, 6.45) is 7.74. The highest BCUT2D eigenvalue weighted by atomic mass is 19.1. The average Bonchev–Trinajstić information content (AvgIpc) is 3.51. The number of nitrogens with one attached hydrogen (secondary N) is 2. The zero-order valence-corrected chi connectivity index (χ0v) is 20.0. The molecule has 3 aromatic rings. The number of carbonyl (C=O) groups excluding carboxylic acids is 1. The molecular weight excluding hydrogens is 433 g/mol. The third-order valence-electron chi connectivity index (χ3n) is 7.60. The molecule has 2 aromatic heterocycles. The van der Waals surface area contributed by atoms with Gasteiger partial charge in [-0.1, -0.05) is 25.8 Å². The van der Waals surface area contributed by atoms with Crippen LogP contribution in [0.4, 0.5) is 4.39 Å². The number of aromatic amines is 1. The van der Waals surface area contributed by atoms with Gasteiger partial charge in [-0.2, -0.15) is 5.10 Å². The first kappa shape index (κ1) is 23.0. The van der Waals surface area contributed by atoms with Crippen molar-refractivity contribution in [1.82, 2.24) is 25.1 Å². The Morgan fingerprint density at radius 2 is 2.09 bits per heavy atom. The number of H-pyrrole nitrogens is 1. The van der Waals surface area contributed by atoms with E-state index in [1.54, 1.807) is 16.9 Å². The second-order valence-electron chi connectivity index (χ2n) is 9.90. The second kappa shape index (κ2) is 9.86. The van der Waals surface area contributed by atoms with Crippen molar-refractivity contribution in [2.45, 2.75) is 70.9 Å². The van der Waals surface area contributed by atoms with Crippen LogP contribution in [0.25, 0.3) is 11.0 Å². The third kappa shape index (κ3) is 4.48. The van der Waals surface area contributed by atoms with Crippen molar-refractivity contribution in [1.29, 1.82) is 0 Å². The van der Waals surface area contributed by atoms with Crippen molar-refractivity contribution < 1.29 is 13.9 Å². The predicted molar refractivity (Wildman–Crippen MR) is 128 cm³/mol. The minimum atomic E-state index is -0.312. The van der Waals surface area contributed by atoms with Crippen LogP contribution in [0.5, 0.6) is 0 Å². The first-order chi connectivity index (χ1) is 16.5. The summed E-state index contributed by atoms with van der Waals surface area (Å²) in [6, 6.07) is 5.19. The Balaban J connectivity index is 1.48. The first-order valence-corrected chi connectivity index (χ1v) is 12.6. The fourth-order valence-electron chi connectivity index (χ4n) is 5.55. The number of amides is 1. The van der Waals surface area contributed by atoms with Crippen molar-refractivity contribution >= 4 is 16.9 Å². The minimum Gasteiger partial charge on any atom is -0.381 e. The fraction of sp³-hybridized carbons (Fsp3) is 0.577. The zero-order chi connectivity index (χ0) is 23.7. The van der Waals surface area contributed by atoms with Crippen LogP contribution in [-0.4, -0.2) is 38.9 Å². The normalized spacial score (nSPS) is 24.3. The summed E-state index contributed by atoms with van der Waals surface area (Å²) in [5, 5.41) is 7.45. The highest BCUT2D eigenvalue weighted by Gasteiger charge is 2.32. The van der Waals surface area contributed by atoms with Gasteiger partial charge in [-0.05, 0) is 62.1 Å². The summed E-state index contributed by atoms with van der Waals surface area (Å²) in [6.45, 7) is 6.14. The highest BCUT2D eigenvalue weighted by molar-refractivity contribution is 5.92. The molecule has 0 bridgehead atoms. The molecule has 34 heavy (non-hydrogen) atoms. The van der Waals surface area contributed by atoms with E-state index in [4.69, 9.17) is 9.72 Å². The molecule has 1 aliphatic heterocycles. The van der Waals surface area contributed by atoms with E-state index in [9.17, 15) is 4.79 Å². The molecule has 2 atom stereocenters. The number of fused-ring (bicyclic) bond motifs is 1. The van der Waals surface area contributed by atoms with Crippen LogP contribution in [0.1, 0.15) is 86.2 Å². The van der Waals surface area contributed by atoms with Crippen LogP contribution >= 0.6 is 0 Å². The molecule has 7 nitrogen and oxygen atoms in total. The third-order valence-corrected chi connectivity index (χ3v) is 7.60. The number of imidazole rings is 1. The fourth-order valence-corrected chi connectivity index (χ4v) is 5.55.